The average Bonchev–Trinajstić information content (AvgIpc) is 3.09. The summed E-state index contributed by atoms with van der Waals surface area (Å²) in [7, 11) is 0. The number of anilines is 2. The number of amides is 1. The molecule has 0 aromatic heterocycles. The first-order valence-corrected chi connectivity index (χ1v) is 8.27. The van der Waals surface area contributed by atoms with Crippen LogP contribution in [-0.4, -0.2) is 11.7 Å². The number of nitrogens with one attached hydrogen (secondary N) is 2. The molecule has 0 atom stereocenters. The Morgan fingerprint density at radius 1 is 1.13 bits per heavy atom. The van der Waals surface area contributed by atoms with Gasteiger partial charge in [-0.2, -0.15) is 0 Å². The Morgan fingerprint density at radius 2 is 1.87 bits per heavy atom. The Kier molecular flexibility index (Phi) is 3.39. The van der Waals surface area contributed by atoms with Crippen molar-refractivity contribution < 1.29 is 4.79 Å². The van der Waals surface area contributed by atoms with Crippen LogP contribution >= 0.6 is 23.4 Å². The molecule has 0 bridgehead atoms. The number of thioether (sulfide) groups is 1. The fraction of sp³-hybridized carbons (Fsp3) is 0.0588. The van der Waals surface area contributed by atoms with Gasteiger partial charge in [-0.05, 0) is 36.4 Å². The number of nitrogens with zero attached hydrogens (tertiary/aromatic N) is 1. The highest BCUT2D eigenvalue weighted by Crippen LogP contribution is 2.44. The zero-order chi connectivity index (χ0) is 16.0. The molecule has 2 heterocycles. The fourth-order valence-electron chi connectivity index (χ4n) is 2.68. The van der Waals surface area contributed by atoms with Crippen molar-refractivity contribution in [3.05, 3.63) is 64.2 Å². The number of halogens is 1. The van der Waals surface area contributed by atoms with Gasteiger partial charge < -0.3 is 5.32 Å². The molecule has 0 saturated carbocycles. The van der Waals surface area contributed by atoms with Gasteiger partial charge in [0.25, 0.3) is 0 Å². The van der Waals surface area contributed by atoms with Crippen molar-refractivity contribution in [1.29, 1.82) is 5.41 Å². The zero-order valence-corrected chi connectivity index (χ0v) is 13.5. The molecule has 1 saturated heterocycles. The minimum Gasteiger partial charge on any atom is -0.349 e. The van der Waals surface area contributed by atoms with Crippen LogP contribution in [0.2, 0.25) is 5.02 Å². The minimum atomic E-state index is -0.0989. The molecule has 0 radical (unpaired) electrons. The van der Waals surface area contributed by atoms with Crippen LogP contribution in [0.3, 0.4) is 0 Å². The monoisotopic (exact) mass is 341 g/mol. The van der Waals surface area contributed by atoms with E-state index in [2.05, 4.69) is 5.32 Å². The molecule has 0 aliphatic carbocycles. The molecule has 23 heavy (non-hydrogen) atoms. The van der Waals surface area contributed by atoms with Crippen LogP contribution in [-0.2, 0) is 4.79 Å². The van der Waals surface area contributed by atoms with Crippen LogP contribution in [0.1, 0.15) is 6.42 Å². The predicted octanol–water partition coefficient (Wildman–Crippen LogP) is 4.48. The molecule has 2 aliphatic heterocycles. The molecule has 4 rings (SSSR count). The summed E-state index contributed by atoms with van der Waals surface area (Å²) in [6, 6.07) is 14.9. The molecule has 4 nitrogen and oxygen atoms in total. The lowest BCUT2D eigenvalue weighted by Crippen LogP contribution is -2.28. The first-order valence-electron chi connectivity index (χ1n) is 7.08. The lowest BCUT2D eigenvalue weighted by Gasteiger charge is -2.16. The largest absolute Gasteiger partial charge is 0.349 e. The molecule has 1 fully saturated rings. The van der Waals surface area contributed by atoms with Gasteiger partial charge in [0.15, 0.2) is 0 Å². The Balaban J connectivity index is 1.69. The molecule has 6 heteroatoms. The van der Waals surface area contributed by atoms with Gasteiger partial charge in [0.05, 0.1) is 22.8 Å². The quantitative estimate of drug-likeness (QED) is 0.803. The van der Waals surface area contributed by atoms with Crippen molar-refractivity contribution in [1.82, 2.24) is 0 Å². The summed E-state index contributed by atoms with van der Waals surface area (Å²) >= 11 is 7.46. The van der Waals surface area contributed by atoms with Crippen molar-refractivity contribution in [2.75, 3.05) is 10.2 Å². The molecular formula is C17H12ClN3OS. The highest BCUT2D eigenvalue weighted by molar-refractivity contribution is 8.03. The summed E-state index contributed by atoms with van der Waals surface area (Å²) in [5, 5.41) is 13.2. The maximum absolute atomic E-state index is 12.4. The van der Waals surface area contributed by atoms with Crippen molar-refractivity contribution in [2.24, 2.45) is 0 Å². The maximum atomic E-state index is 12.4. The normalized spacial score (nSPS) is 20.0. The van der Waals surface area contributed by atoms with Crippen molar-refractivity contribution >= 4 is 46.5 Å². The van der Waals surface area contributed by atoms with Gasteiger partial charge >= 0.3 is 0 Å². The summed E-state index contributed by atoms with van der Waals surface area (Å²) in [6.07, 6.45) is 0.227. The van der Waals surface area contributed by atoms with E-state index in [0.717, 1.165) is 21.2 Å². The van der Waals surface area contributed by atoms with Crippen LogP contribution in [0.4, 0.5) is 11.4 Å². The summed E-state index contributed by atoms with van der Waals surface area (Å²) in [5.74, 6) is 0.123. The van der Waals surface area contributed by atoms with Crippen LogP contribution < -0.4 is 10.2 Å². The molecule has 0 spiro atoms. The Bertz CT molecular complexity index is 833. The average molecular weight is 342 g/mol. The van der Waals surface area contributed by atoms with E-state index < -0.39 is 0 Å². The van der Waals surface area contributed by atoms with E-state index in [-0.39, 0.29) is 18.2 Å². The van der Waals surface area contributed by atoms with Gasteiger partial charge in [-0.1, -0.05) is 35.5 Å². The zero-order valence-electron chi connectivity index (χ0n) is 12.0. The number of carbonyl (C=O) groups excluding carboxylic acids is 1. The topological polar surface area (TPSA) is 56.2 Å². The summed E-state index contributed by atoms with van der Waals surface area (Å²) in [5.41, 5.74) is 2.41. The maximum Gasteiger partial charge on any atom is 0.237 e. The SMILES string of the molecule is N=C1/C(=C2\Nc3ccccc3S2)CC(=O)N1c1ccc(Cl)cc1. The smallest absolute Gasteiger partial charge is 0.237 e. The summed E-state index contributed by atoms with van der Waals surface area (Å²) < 4.78 is 0. The van der Waals surface area contributed by atoms with Crippen molar-refractivity contribution in [3.8, 4) is 0 Å². The second-order valence-electron chi connectivity index (χ2n) is 5.26. The summed E-state index contributed by atoms with van der Waals surface area (Å²) in [4.78, 5) is 14.9. The van der Waals surface area contributed by atoms with Gasteiger partial charge in [0.2, 0.25) is 5.91 Å². The standard InChI is InChI=1S/C17H12ClN3OS/c18-10-5-7-11(8-6-10)21-15(22)9-12(16(21)19)17-20-13-3-1-2-4-14(13)23-17/h1-8,19-20H,9H2/b17-12+,19-16?. The van der Waals surface area contributed by atoms with Crippen LogP contribution in [0.25, 0.3) is 0 Å². The van der Waals surface area contributed by atoms with E-state index in [4.69, 9.17) is 17.0 Å². The highest BCUT2D eigenvalue weighted by atomic mass is 35.5. The third-order valence-electron chi connectivity index (χ3n) is 3.79. The van der Waals surface area contributed by atoms with Gasteiger partial charge in [0.1, 0.15) is 5.84 Å². The molecule has 2 N–H and O–H groups in total. The van der Waals surface area contributed by atoms with E-state index in [9.17, 15) is 4.79 Å². The van der Waals surface area contributed by atoms with Gasteiger partial charge in [-0.15, -0.1) is 0 Å². The number of para-hydroxylation sites is 1. The fourth-order valence-corrected chi connectivity index (χ4v) is 3.85. The van der Waals surface area contributed by atoms with Gasteiger partial charge in [0, 0.05) is 15.5 Å². The predicted molar refractivity (Wildman–Crippen MR) is 94.2 cm³/mol. The van der Waals surface area contributed by atoms with E-state index in [1.165, 1.54) is 4.90 Å². The van der Waals surface area contributed by atoms with E-state index >= 15 is 0 Å². The number of hydrogen-bond donors (Lipinski definition) is 2. The lowest BCUT2D eigenvalue weighted by molar-refractivity contribution is -0.116. The van der Waals surface area contributed by atoms with Crippen molar-refractivity contribution in [2.45, 2.75) is 11.3 Å². The van der Waals surface area contributed by atoms with Crippen LogP contribution in [0.5, 0.6) is 0 Å². The third kappa shape index (κ3) is 2.42. The Hall–Kier alpha value is -2.24. The number of rotatable bonds is 1. The molecule has 2 aromatic carbocycles. The third-order valence-corrected chi connectivity index (χ3v) is 5.17. The first-order chi connectivity index (χ1) is 11.1. The van der Waals surface area contributed by atoms with E-state index in [0.29, 0.717) is 10.7 Å². The lowest BCUT2D eigenvalue weighted by atomic mass is 10.2. The van der Waals surface area contributed by atoms with E-state index in [1.807, 2.05) is 24.3 Å². The number of carbonyl (C=O) groups is 1. The minimum absolute atomic E-state index is 0.0989. The number of fused-ring (bicyclic) bond motifs is 1. The molecular weight excluding hydrogens is 330 g/mol. The molecule has 0 unspecified atom stereocenters. The molecule has 2 aliphatic rings. The highest BCUT2D eigenvalue weighted by Gasteiger charge is 2.35. The number of amidine groups is 1. The number of hydrogen-bond acceptors (Lipinski definition) is 4. The molecule has 2 aromatic rings. The van der Waals surface area contributed by atoms with Gasteiger partial charge in [-0.3, -0.25) is 15.1 Å². The van der Waals surface area contributed by atoms with Gasteiger partial charge in [-0.25, -0.2) is 0 Å². The second kappa shape index (κ2) is 5.44. The number of benzene rings is 2. The van der Waals surface area contributed by atoms with Crippen LogP contribution in [0.15, 0.2) is 64.0 Å². The van der Waals surface area contributed by atoms with E-state index in [1.54, 1.807) is 36.0 Å². The second-order valence-corrected chi connectivity index (χ2v) is 6.75. The summed E-state index contributed by atoms with van der Waals surface area (Å²) in [6.45, 7) is 0. The molecule has 1 amide bonds. The Labute approximate surface area is 142 Å². The first kappa shape index (κ1) is 14.4. The molecule has 114 valence electrons. The van der Waals surface area contributed by atoms with Crippen molar-refractivity contribution in [3.63, 3.8) is 0 Å². The Morgan fingerprint density at radius 3 is 2.61 bits per heavy atom. The van der Waals surface area contributed by atoms with Crippen LogP contribution in [0, 0.1) is 5.41 Å².